The van der Waals surface area contributed by atoms with Gasteiger partial charge in [-0.05, 0) is 131 Å². The van der Waals surface area contributed by atoms with Gasteiger partial charge in [-0.15, -0.1) is 4.99 Å². The summed E-state index contributed by atoms with van der Waals surface area (Å²) in [5.74, 6) is 8.79. The summed E-state index contributed by atoms with van der Waals surface area (Å²) in [4.78, 5) is 30.1. The number of nitrogens with zero attached hydrogens (tertiary/aromatic N) is 1. The van der Waals surface area contributed by atoms with Crippen LogP contribution < -0.4 is 16.4 Å². The molecule has 7 unspecified atom stereocenters. The number of fused-ring (bicyclic) bond motifs is 2. The van der Waals surface area contributed by atoms with Crippen molar-refractivity contribution in [2.75, 3.05) is 26.8 Å². The fourth-order valence-electron chi connectivity index (χ4n) is 11.6. The number of aliphatic hydroxyl groups is 4. The Kier molecular flexibility index (Phi) is 17.1. The molecule has 3 heterocycles. The lowest BCUT2D eigenvalue weighted by Crippen LogP contribution is -2.50. The molecule has 15 atom stereocenters. The second-order valence-corrected chi connectivity index (χ2v) is 18.7. The van der Waals surface area contributed by atoms with Crippen LogP contribution in [0.4, 0.5) is 0 Å². The van der Waals surface area contributed by atoms with E-state index in [1.54, 1.807) is 7.11 Å². The Balaban J connectivity index is 1.07. The Morgan fingerprint density at radius 3 is 2.54 bits per heavy atom. The van der Waals surface area contributed by atoms with E-state index in [9.17, 15) is 30.0 Å². The Hall–Kier alpha value is -2.14. The maximum absolute atomic E-state index is 13.8. The van der Waals surface area contributed by atoms with Crippen LogP contribution in [0.15, 0.2) is 16.6 Å². The monoisotopic (exact) mass is 794 g/mol. The van der Waals surface area contributed by atoms with Gasteiger partial charge in [0.15, 0.2) is 6.21 Å². The highest BCUT2D eigenvalue weighted by atomic mass is 16.5. The van der Waals surface area contributed by atoms with E-state index in [1.807, 2.05) is 12.8 Å². The van der Waals surface area contributed by atoms with Crippen LogP contribution in [0, 0.1) is 71.6 Å². The first-order valence-corrected chi connectivity index (χ1v) is 22.6. The molecule has 11 heteroatoms. The number of ketones is 2. The zero-order valence-corrected chi connectivity index (χ0v) is 34.5. The number of piperidine rings is 2. The van der Waals surface area contributed by atoms with Crippen LogP contribution in [0.1, 0.15) is 122 Å². The van der Waals surface area contributed by atoms with Crippen molar-refractivity contribution in [2.45, 2.75) is 159 Å². The van der Waals surface area contributed by atoms with Gasteiger partial charge in [0.2, 0.25) is 0 Å². The van der Waals surface area contributed by atoms with E-state index in [1.165, 1.54) is 5.57 Å². The molecular weight excluding hydrogens is 721 g/mol. The molecule has 2 saturated heterocycles. The van der Waals surface area contributed by atoms with Crippen molar-refractivity contribution in [3.05, 3.63) is 18.2 Å². The molecule has 6 rings (SSSR count). The van der Waals surface area contributed by atoms with Crippen molar-refractivity contribution in [1.82, 2.24) is 10.6 Å². The van der Waals surface area contributed by atoms with Gasteiger partial charge in [-0.3, -0.25) is 9.59 Å². The van der Waals surface area contributed by atoms with Gasteiger partial charge in [0, 0.05) is 57.9 Å². The highest BCUT2D eigenvalue weighted by molar-refractivity contribution is 5.84. The van der Waals surface area contributed by atoms with Crippen molar-refractivity contribution in [2.24, 2.45) is 64.0 Å². The summed E-state index contributed by atoms with van der Waals surface area (Å²) >= 11 is 0. The maximum atomic E-state index is 13.8. The summed E-state index contributed by atoms with van der Waals surface area (Å²) < 4.78 is 5.68. The highest BCUT2D eigenvalue weighted by Gasteiger charge is 2.42. The molecule has 0 aromatic carbocycles. The standard InChI is InChI=1S/C46H73N4O7/c1-57-45-22-33-11-16-43(55)39(42(54)6-2-4-30(5-3-19-51)36-21-34-9-14-38(53)24-41(34)49-27-36)15-10-31(40(33)25-44(45)56)7-12-37(52)13-8-32-23-46(47)50-28-35(32)20-29-17-18-48-26-29/h17-18,26,30-37,39-42,44-46,49-52,54,56H,2-9,11-14,16,19-25,27-28,47H2,1H3/q+1/t30-,31-,32?,33?,34+,35?,36+,37+,39-,40?,41-,42-,44?,45?,46?/m1/s1. The minimum absolute atomic E-state index is 0.00649. The molecule has 11 nitrogen and oxygen atoms in total. The molecule has 4 fully saturated rings. The van der Waals surface area contributed by atoms with Gasteiger partial charge in [0.1, 0.15) is 29.6 Å². The number of nitrogens with one attached hydrogen (secondary N) is 2. The molecule has 3 aliphatic carbocycles. The van der Waals surface area contributed by atoms with Crippen molar-refractivity contribution in [3.63, 3.8) is 0 Å². The van der Waals surface area contributed by atoms with E-state index >= 15 is 0 Å². The Bertz CT molecular complexity index is 1430. The van der Waals surface area contributed by atoms with Gasteiger partial charge < -0.3 is 41.5 Å². The molecule has 0 aromatic rings. The van der Waals surface area contributed by atoms with Crippen LogP contribution in [-0.2, 0) is 14.3 Å². The SMILES string of the molecule is COC1CC2CCC(=O)[C@@H]([C@H](O)CCC[C@H](CCCO)[C@@H]3CN[C@@H]4CC(=O)CC[C@H]4C3)C#C[C@@H](CC[C@H](O)CCC3CC(N)NCC3CC3=C[CH+]N=C3)C2CC1O. The van der Waals surface area contributed by atoms with E-state index in [-0.39, 0.29) is 42.4 Å². The highest BCUT2D eigenvalue weighted by Crippen LogP contribution is 2.43. The van der Waals surface area contributed by atoms with Crippen LogP contribution in [0.25, 0.3) is 0 Å². The van der Waals surface area contributed by atoms with Crippen LogP contribution in [0.2, 0.25) is 0 Å². The number of methoxy groups -OCH3 is 1. The molecule has 2 saturated carbocycles. The lowest BCUT2D eigenvalue weighted by atomic mass is 9.67. The molecule has 0 bridgehead atoms. The second kappa shape index (κ2) is 21.9. The predicted molar refractivity (Wildman–Crippen MR) is 221 cm³/mol. The normalized spacial score (nSPS) is 37.3. The van der Waals surface area contributed by atoms with E-state index < -0.39 is 24.2 Å². The van der Waals surface area contributed by atoms with Crippen molar-refractivity contribution in [3.8, 4) is 11.8 Å². The third kappa shape index (κ3) is 12.5. The van der Waals surface area contributed by atoms with Gasteiger partial charge in [-0.2, -0.15) is 0 Å². The third-order valence-corrected chi connectivity index (χ3v) is 15.0. The van der Waals surface area contributed by atoms with Crippen LogP contribution in [0.5, 0.6) is 0 Å². The summed E-state index contributed by atoms with van der Waals surface area (Å²) in [6.07, 6.45) is 15.9. The lowest BCUT2D eigenvalue weighted by Gasteiger charge is -2.42. The first-order chi connectivity index (χ1) is 27.6. The summed E-state index contributed by atoms with van der Waals surface area (Å²) in [6, 6.07) is 0.293. The maximum Gasteiger partial charge on any atom is 0.176 e. The summed E-state index contributed by atoms with van der Waals surface area (Å²) in [7, 11) is 1.64. The van der Waals surface area contributed by atoms with E-state index in [0.29, 0.717) is 106 Å². The number of allylic oxidation sites excluding steroid dienone is 1. The van der Waals surface area contributed by atoms with Crippen LogP contribution >= 0.6 is 0 Å². The number of hydrogen-bond acceptors (Lipinski definition) is 11. The zero-order chi connectivity index (χ0) is 40.3. The number of aliphatic imine (C=N–C) groups is 1. The number of Topliss-reactive ketones (excluding diaryl/α,β-unsaturated/α-hetero) is 2. The van der Waals surface area contributed by atoms with E-state index in [4.69, 9.17) is 10.5 Å². The average molecular weight is 794 g/mol. The second-order valence-electron chi connectivity index (χ2n) is 18.7. The van der Waals surface area contributed by atoms with Gasteiger partial charge in [-0.25, -0.2) is 0 Å². The number of hydrogen-bond donors (Lipinski definition) is 7. The molecule has 0 aromatic heterocycles. The number of aliphatic hydroxyl groups excluding tert-OH is 4. The van der Waals surface area contributed by atoms with Crippen molar-refractivity contribution in [1.29, 1.82) is 0 Å². The first-order valence-electron chi connectivity index (χ1n) is 22.6. The quantitative estimate of drug-likeness (QED) is 0.0782. The van der Waals surface area contributed by atoms with Crippen molar-refractivity contribution < 1.29 is 34.8 Å². The fraction of sp³-hybridized carbons (Fsp3) is 0.826. The molecule has 6 aliphatic rings. The minimum atomic E-state index is -0.862. The van der Waals surface area contributed by atoms with E-state index in [0.717, 1.165) is 70.9 Å². The number of carbonyl (C=O) groups excluding carboxylic acids is 2. The Morgan fingerprint density at radius 1 is 0.947 bits per heavy atom. The molecule has 8 N–H and O–H groups in total. The smallest absolute Gasteiger partial charge is 0.176 e. The molecular formula is C46H73N4O7+. The lowest BCUT2D eigenvalue weighted by molar-refractivity contribution is -0.125. The van der Waals surface area contributed by atoms with Gasteiger partial charge in [0.25, 0.3) is 0 Å². The third-order valence-electron chi connectivity index (χ3n) is 15.0. The van der Waals surface area contributed by atoms with Gasteiger partial charge in [0.05, 0.1) is 36.7 Å². The fourth-order valence-corrected chi connectivity index (χ4v) is 11.6. The van der Waals surface area contributed by atoms with Crippen LogP contribution in [0.3, 0.4) is 0 Å². The van der Waals surface area contributed by atoms with Gasteiger partial charge >= 0.3 is 0 Å². The zero-order valence-electron chi connectivity index (χ0n) is 34.5. The molecule has 0 spiro atoms. The largest absolute Gasteiger partial charge is 0.396 e. The minimum Gasteiger partial charge on any atom is -0.396 e. The Morgan fingerprint density at radius 2 is 1.75 bits per heavy atom. The number of rotatable bonds is 18. The number of nitrogens with two attached hydrogens (primary N) is 1. The van der Waals surface area contributed by atoms with E-state index in [2.05, 4.69) is 33.5 Å². The molecule has 318 valence electrons. The summed E-state index contributed by atoms with van der Waals surface area (Å²) in [5, 5.41) is 50.8. The molecule has 57 heavy (non-hydrogen) atoms. The van der Waals surface area contributed by atoms with Crippen LogP contribution in [-0.4, -0.2) is 102 Å². The molecule has 0 amide bonds. The van der Waals surface area contributed by atoms with Crippen molar-refractivity contribution >= 4 is 17.8 Å². The average Bonchev–Trinajstić information content (AvgIpc) is 3.74. The molecule has 3 aliphatic heterocycles. The predicted octanol–water partition coefficient (Wildman–Crippen LogP) is 4.25. The Labute approximate surface area is 341 Å². The first kappa shape index (κ1) is 44.4. The summed E-state index contributed by atoms with van der Waals surface area (Å²) in [6.45, 7) is 3.74. The van der Waals surface area contributed by atoms with Gasteiger partial charge in [-0.1, -0.05) is 24.7 Å². The topological polar surface area (TPSA) is 187 Å². The number of carbonyl (C=O) groups is 2. The number of ether oxygens (including phenoxy) is 1. The molecule has 0 radical (unpaired) electrons. The summed E-state index contributed by atoms with van der Waals surface area (Å²) in [5.41, 5.74) is 7.56.